The molecule has 0 bridgehead atoms. The molecule has 2 aromatic heterocycles. The fraction of sp³-hybridized carbons (Fsp3) is 0.600. The van der Waals surface area contributed by atoms with Crippen LogP contribution in [-0.4, -0.2) is 47.3 Å². The highest BCUT2D eigenvalue weighted by Gasteiger charge is 2.37. The van der Waals surface area contributed by atoms with E-state index in [4.69, 9.17) is 10.3 Å². The number of nitrogens with two attached hydrogens (primary N) is 2. The minimum atomic E-state index is -3.61. The Morgan fingerprint density at radius 1 is 0.618 bits per heavy atom. The molecule has 2 heterocycles. The molecule has 0 saturated heterocycles. The van der Waals surface area contributed by atoms with Gasteiger partial charge in [0.05, 0.1) is 35.3 Å². The van der Waals surface area contributed by atoms with Crippen LogP contribution in [0.4, 0.5) is 8.78 Å². The van der Waals surface area contributed by atoms with Crippen molar-refractivity contribution in [2.45, 2.75) is 73.7 Å². The first-order chi connectivity index (χ1) is 16.0. The second kappa shape index (κ2) is 11.1. The minimum Gasteiger partial charge on any atom is -0.238 e. The van der Waals surface area contributed by atoms with E-state index in [0.29, 0.717) is 37.3 Å². The van der Waals surface area contributed by atoms with Gasteiger partial charge in [0, 0.05) is 11.8 Å². The highest BCUT2D eigenvalue weighted by molar-refractivity contribution is 7.90. The Morgan fingerprint density at radius 3 is 1.21 bits per heavy atom. The smallest absolute Gasteiger partial charge is 0.212 e. The number of halogens is 2. The van der Waals surface area contributed by atoms with Crippen LogP contribution in [0.3, 0.4) is 0 Å². The third kappa shape index (κ3) is 6.93. The zero-order valence-corrected chi connectivity index (χ0v) is 20.1. The van der Waals surface area contributed by atoms with Crippen LogP contribution in [0.15, 0.2) is 24.8 Å². The normalized spacial score (nSPS) is 25.8. The van der Waals surface area contributed by atoms with Crippen LogP contribution in [0.2, 0.25) is 0 Å². The van der Waals surface area contributed by atoms with E-state index in [1.165, 1.54) is 0 Å². The quantitative estimate of drug-likeness (QED) is 0.617. The minimum absolute atomic E-state index is 0.320. The molecule has 4 rings (SSSR count). The molecule has 4 atom stereocenters. The van der Waals surface area contributed by atoms with Gasteiger partial charge in [-0.1, -0.05) is 25.7 Å². The lowest BCUT2D eigenvalue weighted by molar-refractivity contribution is 0.419. The van der Waals surface area contributed by atoms with Gasteiger partial charge >= 0.3 is 0 Å². The Balaban J connectivity index is 0.000000191. The van der Waals surface area contributed by atoms with Gasteiger partial charge < -0.3 is 0 Å². The average Bonchev–Trinajstić information content (AvgIpc) is 2.79. The van der Waals surface area contributed by atoms with Crippen molar-refractivity contribution in [3.05, 3.63) is 48.1 Å². The maximum Gasteiger partial charge on any atom is 0.212 e. The molecular formula is C20H28F2N6O4S2. The molecule has 2 aliphatic rings. The number of sulfonamides is 2. The molecule has 0 spiro atoms. The maximum absolute atomic E-state index is 12.7. The molecule has 2 fully saturated rings. The van der Waals surface area contributed by atoms with Crippen molar-refractivity contribution in [2.75, 3.05) is 0 Å². The van der Waals surface area contributed by atoms with E-state index in [0.717, 1.165) is 50.5 Å². The molecular weight excluding hydrogens is 490 g/mol. The zero-order valence-electron chi connectivity index (χ0n) is 18.4. The highest BCUT2D eigenvalue weighted by Crippen LogP contribution is 2.35. The van der Waals surface area contributed by atoms with Gasteiger partial charge in [-0.05, 0) is 25.7 Å². The molecule has 0 aliphatic heterocycles. The Hall–Kier alpha value is -2.16. The van der Waals surface area contributed by atoms with Crippen LogP contribution >= 0.6 is 0 Å². The summed E-state index contributed by atoms with van der Waals surface area (Å²) in [4.78, 5) is 15.4. The van der Waals surface area contributed by atoms with Crippen molar-refractivity contribution in [1.29, 1.82) is 0 Å². The van der Waals surface area contributed by atoms with Crippen molar-refractivity contribution < 1.29 is 25.6 Å². The molecule has 10 nitrogen and oxygen atoms in total. The predicted molar refractivity (Wildman–Crippen MR) is 120 cm³/mol. The number of rotatable bonds is 4. The molecule has 2 saturated carbocycles. The summed E-state index contributed by atoms with van der Waals surface area (Å²) < 4.78 is 71.4. The number of hydrogen-bond acceptors (Lipinski definition) is 8. The third-order valence-electron chi connectivity index (χ3n) is 6.19. The first-order valence-electron chi connectivity index (χ1n) is 10.9. The lowest BCUT2D eigenvalue weighted by Gasteiger charge is -2.28. The van der Waals surface area contributed by atoms with Gasteiger partial charge in [0.2, 0.25) is 20.0 Å². The van der Waals surface area contributed by atoms with E-state index in [-0.39, 0.29) is 11.8 Å². The van der Waals surface area contributed by atoms with Crippen molar-refractivity contribution in [2.24, 2.45) is 10.3 Å². The predicted octanol–water partition coefficient (Wildman–Crippen LogP) is 1.86. The Labute approximate surface area is 197 Å². The lowest BCUT2D eigenvalue weighted by Crippen LogP contribution is -2.36. The molecule has 34 heavy (non-hydrogen) atoms. The van der Waals surface area contributed by atoms with E-state index in [1.54, 1.807) is 0 Å². The topological polar surface area (TPSA) is 172 Å². The highest BCUT2D eigenvalue weighted by atomic mass is 32.2. The summed E-state index contributed by atoms with van der Waals surface area (Å²) in [6.45, 7) is 0. The maximum atomic E-state index is 12.7. The molecule has 14 heteroatoms. The van der Waals surface area contributed by atoms with E-state index in [2.05, 4.69) is 19.9 Å². The Kier molecular flexibility index (Phi) is 8.60. The molecule has 0 unspecified atom stereocenters. The van der Waals surface area contributed by atoms with E-state index in [1.807, 2.05) is 0 Å². The van der Waals surface area contributed by atoms with Crippen LogP contribution < -0.4 is 10.3 Å². The fourth-order valence-electron chi connectivity index (χ4n) is 4.60. The lowest BCUT2D eigenvalue weighted by atomic mass is 9.88. The second-order valence-electron chi connectivity index (χ2n) is 8.56. The van der Waals surface area contributed by atoms with Gasteiger partial charge in [0.15, 0.2) is 11.6 Å². The second-order valence-corrected chi connectivity index (χ2v) is 12.1. The summed E-state index contributed by atoms with van der Waals surface area (Å²) in [5.41, 5.74) is 0. The van der Waals surface area contributed by atoms with Gasteiger partial charge in [-0.15, -0.1) is 0 Å². The van der Waals surface area contributed by atoms with E-state index < -0.39 is 42.2 Å². The summed E-state index contributed by atoms with van der Waals surface area (Å²) in [6.07, 6.45) is 10.1. The average molecular weight is 519 g/mol. The van der Waals surface area contributed by atoms with Crippen LogP contribution in [0.25, 0.3) is 0 Å². The van der Waals surface area contributed by atoms with Crippen molar-refractivity contribution in [1.82, 2.24) is 19.9 Å². The standard InChI is InChI=1S/2C10H14FN3O2S/c2*11-7-5-13-10(14-6-7)8-3-1-2-4-9(8)17(12,15)16/h2*5-6,8-9H,1-4H2,(H2,12,15,16)/t2*8-,9+/m10/s1. The number of nitrogens with zero attached hydrogens (tertiary/aromatic N) is 4. The molecule has 0 radical (unpaired) electrons. The van der Waals surface area contributed by atoms with Gasteiger partial charge in [-0.2, -0.15) is 0 Å². The fourth-order valence-corrected chi connectivity index (χ4v) is 7.02. The van der Waals surface area contributed by atoms with Crippen LogP contribution in [0, 0.1) is 11.6 Å². The van der Waals surface area contributed by atoms with E-state index >= 15 is 0 Å². The van der Waals surface area contributed by atoms with Crippen LogP contribution in [-0.2, 0) is 20.0 Å². The van der Waals surface area contributed by atoms with Gasteiger partial charge in [0.25, 0.3) is 0 Å². The van der Waals surface area contributed by atoms with Crippen LogP contribution in [0.5, 0.6) is 0 Å². The molecule has 0 amide bonds. The van der Waals surface area contributed by atoms with Gasteiger partial charge in [0.1, 0.15) is 11.6 Å². The van der Waals surface area contributed by atoms with E-state index in [9.17, 15) is 25.6 Å². The Morgan fingerprint density at radius 2 is 0.912 bits per heavy atom. The summed E-state index contributed by atoms with van der Waals surface area (Å²) in [5.74, 6) is -0.970. The molecule has 2 aliphatic carbocycles. The number of primary sulfonamides is 2. The molecule has 188 valence electrons. The number of aromatic nitrogens is 4. The summed E-state index contributed by atoms with van der Waals surface area (Å²) in [6, 6.07) is 0. The monoisotopic (exact) mass is 518 g/mol. The molecule has 0 aromatic carbocycles. The first kappa shape index (κ1) is 26.4. The van der Waals surface area contributed by atoms with Crippen molar-refractivity contribution in [3.8, 4) is 0 Å². The van der Waals surface area contributed by atoms with Gasteiger partial charge in [-0.25, -0.2) is 55.8 Å². The summed E-state index contributed by atoms with van der Waals surface area (Å²) >= 11 is 0. The summed E-state index contributed by atoms with van der Waals surface area (Å²) in [7, 11) is -7.21. The van der Waals surface area contributed by atoms with Crippen molar-refractivity contribution in [3.63, 3.8) is 0 Å². The van der Waals surface area contributed by atoms with Crippen molar-refractivity contribution >= 4 is 20.0 Å². The Bertz CT molecular complexity index is 1070. The largest absolute Gasteiger partial charge is 0.238 e. The zero-order chi connectivity index (χ0) is 24.9. The molecule has 4 N–H and O–H groups in total. The van der Waals surface area contributed by atoms with Crippen LogP contribution in [0.1, 0.15) is 74.9 Å². The van der Waals surface area contributed by atoms with Gasteiger partial charge in [-0.3, -0.25) is 0 Å². The molecule has 2 aromatic rings. The third-order valence-corrected chi connectivity index (χ3v) is 9.01. The number of hydrogen-bond donors (Lipinski definition) is 2. The SMILES string of the molecule is NS(=O)(=O)[C@@H]1CCCC[C@@H]1c1ncc(F)cn1.NS(=O)(=O)[C@H]1CCCC[C@H]1c1ncc(F)cn1. The first-order valence-corrected chi connectivity index (χ1v) is 14.2. The summed E-state index contributed by atoms with van der Waals surface area (Å²) in [5, 5.41) is 9.12.